The monoisotopic (exact) mass is 380 g/mol. The lowest BCUT2D eigenvalue weighted by Gasteiger charge is -2.39. The summed E-state index contributed by atoms with van der Waals surface area (Å²) < 4.78 is 6.82. The average Bonchev–Trinajstić information content (AvgIpc) is 3.06. The minimum Gasteiger partial charge on any atom is -0.461 e. The number of rotatable bonds is 3. The van der Waals surface area contributed by atoms with E-state index in [9.17, 15) is 19.2 Å². The molecule has 0 radical (unpaired) electrons. The number of esters is 1. The molecule has 1 aromatic heterocycles. The first-order chi connectivity index (χ1) is 13.4. The van der Waals surface area contributed by atoms with E-state index in [0.29, 0.717) is 42.0 Å². The van der Waals surface area contributed by atoms with Gasteiger partial charge in [-0.25, -0.2) is 0 Å². The minimum absolute atomic E-state index is 0.0725. The Morgan fingerprint density at radius 2 is 1.93 bits per heavy atom. The van der Waals surface area contributed by atoms with Gasteiger partial charge < -0.3 is 14.6 Å². The van der Waals surface area contributed by atoms with Gasteiger partial charge in [0.25, 0.3) is 0 Å². The van der Waals surface area contributed by atoms with Gasteiger partial charge in [0.1, 0.15) is 12.3 Å². The summed E-state index contributed by atoms with van der Waals surface area (Å²) in [7, 11) is 0. The molecule has 0 atom stereocenters. The van der Waals surface area contributed by atoms with E-state index in [0.717, 1.165) is 0 Å². The molecule has 0 saturated carbocycles. The van der Waals surface area contributed by atoms with Gasteiger partial charge in [-0.05, 0) is 25.5 Å². The third-order valence-corrected chi connectivity index (χ3v) is 5.47. The topological polar surface area (TPSA) is 94.5 Å². The highest BCUT2D eigenvalue weighted by Gasteiger charge is 2.47. The molecule has 1 aliphatic heterocycles. The molecule has 0 fully saturated rings. The van der Waals surface area contributed by atoms with Crippen LogP contribution in [0.1, 0.15) is 46.7 Å². The molecular formula is C21H20N2O5. The molecule has 1 aromatic rings. The van der Waals surface area contributed by atoms with E-state index in [1.165, 1.54) is 19.1 Å². The molecule has 0 bridgehead atoms. The van der Waals surface area contributed by atoms with E-state index in [4.69, 9.17) is 4.74 Å². The molecule has 28 heavy (non-hydrogen) atoms. The summed E-state index contributed by atoms with van der Waals surface area (Å²) in [5.74, 6) is -1.12. The second kappa shape index (κ2) is 6.44. The third kappa shape index (κ3) is 2.58. The normalized spacial score (nSPS) is 19.6. The minimum atomic E-state index is -0.786. The highest BCUT2D eigenvalue weighted by atomic mass is 16.5. The Hall–Kier alpha value is -3.22. The molecule has 2 heterocycles. The lowest BCUT2D eigenvalue weighted by atomic mass is 9.67. The Morgan fingerprint density at radius 1 is 1.21 bits per heavy atom. The van der Waals surface area contributed by atoms with Crippen molar-refractivity contribution in [3.05, 3.63) is 58.6 Å². The van der Waals surface area contributed by atoms with E-state index in [-0.39, 0.29) is 29.5 Å². The second-order valence-electron chi connectivity index (χ2n) is 7.14. The van der Waals surface area contributed by atoms with Gasteiger partial charge in [0.2, 0.25) is 5.78 Å². The van der Waals surface area contributed by atoms with Crippen LogP contribution in [0.2, 0.25) is 0 Å². The zero-order chi connectivity index (χ0) is 20.1. The fourth-order valence-electron chi connectivity index (χ4n) is 4.16. The van der Waals surface area contributed by atoms with Crippen molar-refractivity contribution in [3.63, 3.8) is 0 Å². The Labute approximate surface area is 161 Å². The summed E-state index contributed by atoms with van der Waals surface area (Å²) >= 11 is 0. The molecule has 0 aromatic carbocycles. The number of ether oxygens (including phenoxy) is 1. The number of Topliss-reactive ketones (excluding diaryl/α,β-unsaturated/α-hetero) is 2. The molecular weight excluding hydrogens is 360 g/mol. The van der Waals surface area contributed by atoms with Crippen molar-refractivity contribution in [1.82, 2.24) is 9.88 Å². The Kier molecular flexibility index (Phi) is 4.18. The van der Waals surface area contributed by atoms with Crippen LogP contribution in [-0.4, -0.2) is 34.4 Å². The largest absolute Gasteiger partial charge is 0.461 e. The lowest BCUT2D eigenvalue weighted by Crippen LogP contribution is -2.44. The number of carbonyl (C=O) groups excluding carboxylic acids is 4. The summed E-state index contributed by atoms with van der Waals surface area (Å²) in [5.41, 5.74) is 0.976. The Bertz CT molecular complexity index is 1010. The number of carbonyl (C=O) groups is 4. The molecule has 0 saturated heterocycles. The number of hydrogen-bond acceptors (Lipinski definition) is 6. The van der Waals surface area contributed by atoms with Gasteiger partial charge in [0.05, 0.1) is 11.3 Å². The third-order valence-electron chi connectivity index (χ3n) is 5.47. The quantitative estimate of drug-likeness (QED) is 0.805. The van der Waals surface area contributed by atoms with Gasteiger partial charge in [-0.3, -0.25) is 19.2 Å². The maximum atomic E-state index is 13.6. The van der Waals surface area contributed by atoms with Gasteiger partial charge in [-0.1, -0.05) is 12.2 Å². The number of fused-ring (bicyclic) bond motifs is 2. The van der Waals surface area contributed by atoms with E-state index in [1.54, 1.807) is 22.9 Å². The fraction of sp³-hybridized carbons (Fsp3) is 0.333. The number of nitrogens with one attached hydrogen (secondary N) is 1. The molecule has 3 aliphatic rings. The molecule has 0 unspecified atom stereocenters. The van der Waals surface area contributed by atoms with E-state index in [1.807, 2.05) is 6.92 Å². The van der Waals surface area contributed by atoms with E-state index < -0.39 is 11.4 Å². The molecule has 1 N–H and O–H groups in total. The lowest BCUT2D eigenvalue weighted by molar-refractivity contribution is -0.142. The number of hydrogen-bond donors (Lipinski definition) is 1. The molecule has 7 nitrogen and oxygen atoms in total. The van der Waals surface area contributed by atoms with Crippen molar-refractivity contribution < 1.29 is 23.9 Å². The van der Waals surface area contributed by atoms with Gasteiger partial charge in [0.15, 0.2) is 11.6 Å². The summed E-state index contributed by atoms with van der Waals surface area (Å²) in [4.78, 5) is 49.8. The number of aryl methyl sites for hydroxylation is 1. The van der Waals surface area contributed by atoms with Crippen LogP contribution < -0.4 is 5.32 Å². The molecule has 7 heteroatoms. The van der Waals surface area contributed by atoms with Crippen LogP contribution in [-0.2, 0) is 27.5 Å². The average molecular weight is 380 g/mol. The van der Waals surface area contributed by atoms with Crippen LogP contribution in [0, 0.1) is 5.41 Å². The standard InChI is InChI=1S/C21H20N2O5/c1-3-23-10-13(11-28-12(2)24)15-18(23)20(27)17-16(19(15)26)21(8-9-22-17)6-4-14(25)5-7-21/h4-7,10,22H,3,8-9,11H2,1-2H3. The molecule has 1 spiro atoms. The van der Waals surface area contributed by atoms with Crippen molar-refractivity contribution in [2.45, 2.75) is 33.4 Å². The van der Waals surface area contributed by atoms with Crippen LogP contribution >= 0.6 is 0 Å². The van der Waals surface area contributed by atoms with Gasteiger partial charge in [-0.2, -0.15) is 0 Å². The molecule has 0 amide bonds. The smallest absolute Gasteiger partial charge is 0.302 e. The van der Waals surface area contributed by atoms with Crippen LogP contribution in [0.15, 0.2) is 41.8 Å². The van der Waals surface area contributed by atoms with Crippen LogP contribution in [0.5, 0.6) is 0 Å². The fourth-order valence-corrected chi connectivity index (χ4v) is 4.16. The number of allylic oxidation sites excluding steroid dienone is 6. The van der Waals surface area contributed by atoms with E-state index >= 15 is 0 Å². The first kappa shape index (κ1) is 18.2. The summed E-state index contributed by atoms with van der Waals surface area (Å²) in [6, 6.07) is 0. The molecule has 144 valence electrons. The maximum Gasteiger partial charge on any atom is 0.302 e. The maximum absolute atomic E-state index is 13.6. The molecule has 4 rings (SSSR count). The number of ketones is 3. The number of nitrogens with zero attached hydrogens (tertiary/aromatic N) is 1. The SMILES string of the molecule is CCn1cc(COC(C)=O)c2c1C(=O)C1=C(C2=O)C2(C=CC(=O)C=C2)CCN1. The van der Waals surface area contributed by atoms with Gasteiger partial charge in [-0.15, -0.1) is 0 Å². The van der Waals surface area contributed by atoms with Crippen LogP contribution in [0.4, 0.5) is 0 Å². The molecule has 2 aliphatic carbocycles. The van der Waals surface area contributed by atoms with Crippen LogP contribution in [0.25, 0.3) is 0 Å². The van der Waals surface area contributed by atoms with Gasteiger partial charge in [0, 0.05) is 42.8 Å². The predicted octanol–water partition coefficient (Wildman–Crippen LogP) is 1.88. The number of aromatic nitrogens is 1. The highest BCUT2D eigenvalue weighted by molar-refractivity contribution is 6.28. The van der Waals surface area contributed by atoms with E-state index in [2.05, 4.69) is 5.32 Å². The first-order valence-electron chi connectivity index (χ1n) is 9.24. The van der Waals surface area contributed by atoms with Gasteiger partial charge >= 0.3 is 5.97 Å². The summed E-state index contributed by atoms with van der Waals surface area (Å²) in [5, 5.41) is 3.09. The predicted molar refractivity (Wildman–Crippen MR) is 99.6 cm³/mol. The zero-order valence-electron chi connectivity index (χ0n) is 15.7. The Balaban J connectivity index is 1.89. The zero-order valence-corrected chi connectivity index (χ0v) is 15.7. The van der Waals surface area contributed by atoms with Crippen molar-refractivity contribution in [2.75, 3.05) is 6.54 Å². The van der Waals surface area contributed by atoms with Crippen molar-refractivity contribution in [1.29, 1.82) is 0 Å². The van der Waals surface area contributed by atoms with Crippen molar-refractivity contribution >= 4 is 23.3 Å². The highest BCUT2D eigenvalue weighted by Crippen LogP contribution is 2.45. The first-order valence-corrected chi connectivity index (χ1v) is 9.24. The summed E-state index contributed by atoms with van der Waals surface area (Å²) in [6.45, 7) is 4.13. The van der Waals surface area contributed by atoms with Crippen LogP contribution in [0.3, 0.4) is 0 Å². The summed E-state index contributed by atoms with van der Waals surface area (Å²) in [6.07, 6.45) is 8.58. The second-order valence-corrected chi connectivity index (χ2v) is 7.14. The van der Waals surface area contributed by atoms with Crippen molar-refractivity contribution in [3.8, 4) is 0 Å². The Morgan fingerprint density at radius 3 is 2.57 bits per heavy atom. The van der Waals surface area contributed by atoms with Crippen molar-refractivity contribution in [2.24, 2.45) is 5.41 Å².